The van der Waals surface area contributed by atoms with E-state index in [1.807, 2.05) is 0 Å². The fraction of sp³-hybridized carbons (Fsp3) is 0.0588. The third-order valence-corrected chi connectivity index (χ3v) is 2.69. The summed E-state index contributed by atoms with van der Waals surface area (Å²) < 4.78 is 0. The number of hydrogen-bond donors (Lipinski definition) is 1. The van der Waals surface area contributed by atoms with Crippen molar-refractivity contribution >= 4 is 17.4 Å². The zero-order chi connectivity index (χ0) is 17.2. The molecule has 0 saturated carbocycles. The number of benzene rings is 2. The Kier molecular flexibility index (Phi) is 6.87. The third kappa shape index (κ3) is 5.55. The monoisotopic (exact) mass is 313 g/mol. The number of para-hydroxylation sites is 1. The van der Waals surface area contributed by atoms with Gasteiger partial charge in [0.2, 0.25) is 0 Å². The molecule has 2 aromatic carbocycles. The second kappa shape index (κ2) is 8.89. The molecule has 118 valence electrons. The molecule has 0 amide bonds. The predicted molar refractivity (Wildman–Crippen MR) is 85.4 cm³/mol. The Balaban J connectivity index is 0.000000379. The lowest BCUT2D eigenvalue weighted by atomic mass is 10.0. The molecule has 0 aliphatic rings. The molecule has 0 aliphatic carbocycles. The molecule has 0 bridgehead atoms. The molecule has 1 N–H and O–H groups in total. The van der Waals surface area contributed by atoms with Crippen LogP contribution in [0, 0.1) is 10.1 Å². The van der Waals surface area contributed by atoms with Gasteiger partial charge in [-0.15, -0.1) is 0 Å². The highest BCUT2D eigenvalue weighted by Gasteiger charge is 2.19. The van der Waals surface area contributed by atoms with Crippen LogP contribution in [0.5, 0.6) is 0 Å². The van der Waals surface area contributed by atoms with E-state index < -0.39 is 10.9 Å². The Labute approximate surface area is 132 Å². The van der Waals surface area contributed by atoms with Gasteiger partial charge >= 0.3 is 5.97 Å². The molecule has 0 fully saturated rings. The van der Waals surface area contributed by atoms with Gasteiger partial charge in [0.15, 0.2) is 5.78 Å². The van der Waals surface area contributed by atoms with E-state index in [1.165, 1.54) is 18.2 Å². The first kappa shape index (κ1) is 17.8. The molecule has 2 rings (SSSR count). The van der Waals surface area contributed by atoms with Gasteiger partial charge in [-0.2, -0.15) is 0 Å². The van der Waals surface area contributed by atoms with E-state index in [2.05, 4.69) is 0 Å². The molecule has 2 aromatic rings. The lowest BCUT2D eigenvalue weighted by Crippen LogP contribution is -2.04. The molecule has 6 nitrogen and oxygen atoms in total. The van der Waals surface area contributed by atoms with Crippen LogP contribution < -0.4 is 0 Å². The van der Waals surface area contributed by atoms with E-state index in [1.54, 1.807) is 49.4 Å². The van der Waals surface area contributed by atoms with Crippen LogP contribution in [-0.2, 0) is 4.79 Å². The van der Waals surface area contributed by atoms with Crippen LogP contribution in [0.25, 0.3) is 0 Å². The van der Waals surface area contributed by atoms with Crippen LogP contribution in [-0.4, -0.2) is 21.8 Å². The summed E-state index contributed by atoms with van der Waals surface area (Å²) in [6.45, 7) is 1.66. The minimum atomic E-state index is -0.891. The number of carboxylic acid groups (broad SMARTS) is 1. The molecule has 0 radical (unpaired) electrons. The number of nitro groups is 1. The van der Waals surface area contributed by atoms with Crippen molar-refractivity contribution in [3.63, 3.8) is 0 Å². The zero-order valence-electron chi connectivity index (χ0n) is 12.4. The number of allylic oxidation sites excluding steroid dienone is 1. The van der Waals surface area contributed by atoms with Gasteiger partial charge in [0.05, 0.1) is 4.92 Å². The quantitative estimate of drug-likeness (QED) is 0.403. The molecule has 0 heterocycles. The summed E-state index contributed by atoms with van der Waals surface area (Å²) >= 11 is 0. The molecular weight excluding hydrogens is 298 g/mol. The van der Waals surface area contributed by atoms with E-state index >= 15 is 0 Å². The highest BCUT2D eigenvalue weighted by Crippen LogP contribution is 2.20. The first-order valence-electron chi connectivity index (χ1n) is 6.66. The minimum Gasteiger partial charge on any atom is -0.478 e. The van der Waals surface area contributed by atoms with Crippen molar-refractivity contribution < 1.29 is 19.6 Å². The average Bonchev–Trinajstić information content (AvgIpc) is 2.55. The number of carbonyl (C=O) groups excluding carboxylic acids is 1. The molecule has 23 heavy (non-hydrogen) atoms. The lowest BCUT2D eigenvalue weighted by Gasteiger charge is -2.01. The summed E-state index contributed by atoms with van der Waals surface area (Å²) in [4.78, 5) is 31.8. The summed E-state index contributed by atoms with van der Waals surface area (Å²) in [6.07, 6.45) is 2.56. The Bertz CT molecular complexity index is 723. The number of carboxylic acids is 1. The molecule has 6 heteroatoms. The number of ketones is 1. The number of aliphatic carboxylic acids is 1. The van der Waals surface area contributed by atoms with Crippen LogP contribution in [0.2, 0.25) is 0 Å². The zero-order valence-corrected chi connectivity index (χ0v) is 12.4. The number of hydrogen-bond acceptors (Lipinski definition) is 4. The maximum Gasteiger partial charge on any atom is 0.327 e. The van der Waals surface area contributed by atoms with Crippen molar-refractivity contribution in [3.05, 3.63) is 88.0 Å². The SMILES string of the molecule is C/C=C/C(=O)O.O=C(c1ccccc1)c1ccccc1[N+](=O)[O-]. The normalized spacial score (nSPS) is 9.78. The largest absolute Gasteiger partial charge is 0.478 e. The van der Waals surface area contributed by atoms with Gasteiger partial charge in [-0.3, -0.25) is 14.9 Å². The number of nitro benzene ring substituents is 1. The Hall–Kier alpha value is -3.28. The fourth-order valence-electron chi connectivity index (χ4n) is 1.71. The first-order valence-corrected chi connectivity index (χ1v) is 6.66. The van der Waals surface area contributed by atoms with E-state index in [-0.39, 0.29) is 17.0 Å². The third-order valence-electron chi connectivity index (χ3n) is 2.69. The average molecular weight is 313 g/mol. The van der Waals surface area contributed by atoms with E-state index in [9.17, 15) is 19.7 Å². The van der Waals surface area contributed by atoms with Crippen molar-refractivity contribution in [2.75, 3.05) is 0 Å². The smallest absolute Gasteiger partial charge is 0.327 e. The van der Waals surface area contributed by atoms with Crippen LogP contribution >= 0.6 is 0 Å². The summed E-state index contributed by atoms with van der Waals surface area (Å²) in [6, 6.07) is 14.5. The first-order chi connectivity index (χ1) is 11.0. The molecule has 0 aliphatic heterocycles. The molecule has 0 unspecified atom stereocenters. The van der Waals surface area contributed by atoms with Crippen LogP contribution in [0.15, 0.2) is 66.7 Å². The minimum absolute atomic E-state index is 0.115. The lowest BCUT2D eigenvalue weighted by molar-refractivity contribution is -0.385. The molecule has 0 atom stereocenters. The van der Waals surface area contributed by atoms with Crippen molar-refractivity contribution in [2.24, 2.45) is 0 Å². The highest BCUT2D eigenvalue weighted by molar-refractivity contribution is 6.11. The molecular formula is C17H15NO5. The van der Waals surface area contributed by atoms with Crippen molar-refractivity contribution in [3.8, 4) is 0 Å². The summed E-state index contributed by atoms with van der Waals surface area (Å²) in [5.41, 5.74) is 0.395. The molecule has 0 saturated heterocycles. The maximum atomic E-state index is 12.1. The molecule has 0 spiro atoms. The van der Waals surface area contributed by atoms with Crippen LogP contribution in [0.4, 0.5) is 5.69 Å². The highest BCUT2D eigenvalue weighted by atomic mass is 16.6. The van der Waals surface area contributed by atoms with Crippen molar-refractivity contribution in [1.82, 2.24) is 0 Å². The Morgan fingerprint density at radius 3 is 2.09 bits per heavy atom. The van der Waals surface area contributed by atoms with E-state index in [0.717, 1.165) is 6.08 Å². The van der Waals surface area contributed by atoms with Gasteiger partial charge in [-0.25, -0.2) is 4.79 Å². The summed E-state index contributed by atoms with van der Waals surface area (Å²) in [5, 5.41) is 18.6. The van der Waals surface area contributed by atoms with Gasteiger partial charge < -0.3 is 5.11 Å². The standard InChI is InChI=1S/C13H9NO3.C4H6O2/c15-13(10-6-2-1-3-7-10)11-8-4-5-9-12(11)14(16)17;1-2-3-4(5)6/h1-9H;2-3H,1H3,(H,5,6)/b;3-2+. The summed E-state index contributed by atoms with van der Waals surface area (Å²) in [7, 11) is 0. The number of rotatable bonds is 4. The van der Waals surface area contributed by atoms with Gasteiger partial charge in [0.1, 0.15) is 5.56 Å². The van der Waals surface area contributed by atoms with Gasteiger partial charge in [0.25, 0.3) is 5.69 Å². The van der Waals surface area contributed by atoms with Gasteiger partial charge in [-0.1, -0.05) is 48.5 Å². The van der Waals surface area contributed by atoms with Gasteiger partial charge in [-0.05, 0) is 13.0 Å². The van der Waals surface area contributed by atoms with Crippen LogP contribution in [0.1, 0.15) is 22.8 Å². The second-order valence-electron chi connectivity index (χ2n) is 4.31. The van der Waals surface area contributed by atoms with Crippen molar-refractivity contribution in [2.45, 2.75) is 6.92 Å². The maximum absolute atomic E-state index is 12.1. The molecule has 0 aromatic heterocycles. The fourth-order valence-corrected chi connectivity index (χ4v) is 1.71. The van der Waals surface area contributed by atoms with E-state index in [4.69, 9.17) is 5.11 Å². The Morgan fingerprint density at radius 2 is 1.61 bits per heavy atom. The topological polar surface area (TPSA) is 97.5 Å². The van der Waals surface area contributed by atoms with E-state index in [0.29, 0.717) is 5.56 Å². The van der Waals surface area contributed by atoms with Gasteiger partial charge in [0, 0.05) is 17.7 Å². The number of nitrogens with zero attached hydrogens (tertiary/aromatic N) is 1. The second-order valence-corrected chi connectivity index (χ2v) is 4.31. The summed E-state index contributed by atoms with van der Waals surface area (Å²) in [5.74, 6) is -1.23. The Morgan fingerprint density at radius 1 is 1.04 bits per heavy atom. The van der Waals surface area contributed by atoms with Crippen molar-refractivity contribution in [1.29, 1.82) is 0 Å². The van der Waals surface area contributed by atoms with Crippen LogP contribution in [0.3, 0.4) is 0 Å². The number of carbonyl (C=O) groups is 2. The predicted octanol–water partition coefficient (Wildman–Crippen LogP) is 3.47.